The van der Waals surface area contributed by atoms with E-state index in [9.17, 15) is 5.11 Å². The molecule has 1 radical (unpaired) electrons. The number of hydrogen-bond acceptors (Lipinski definition) is 1. The number of halogens is 2. The normalized spacial score (nSPS) is 26.9. The van der Waals surface area contributed by atoms with Crippen LogP contribution in [0.15, 0.2) is 24.3 Å². The third-order valence-electron chi connectivity index (χ3n) is 3.05. The van der Waals surface area contributed by atoms with Gasteiger partial charge in [0.15, 0.2) is 0 Å². The van der Waals surface area contributed by atoms with Crippen molar-refractivity contribution >= 4 is 23.2 Å². The maximum atomic E-state index is 9.92. The zero-order chi connectivity index (χ0) is 11.5. The third kappa shape index (κ3) is 3.13. The second-order valence-corrected chi connectivity index (χ2v) is 5.41. The largest absolute Gasteiger partial charge is 0.392 e. The van der Waals surface area contributed by atoms with E-state index in [4.69, 9.17) is 23.2 Å². The Hall–Kier alpha value is -0.240. The zero-order valence-corrected chi connectivity index (χ0v) is 10.5. The van der Waals surface area contributed by atoms with Crippen LogP contribution in [-0.4, -0.2) is 16.6 Å². The van der Waals surface area contributed by atoms with Crippen molar-refractivity contribution in [3.05, 3.63) is 40.8 Å². The highest BCUT2D eigenvalue weighted by Gasteiger charge is 2.28. The second-order valence-electron chi connectivity index (χ2n) is 4.35. The Kier molecular flexibility index (Phi) is 4.12. The number of hydrogen-bond donors (Lipinski definition) is 1. The first-order chi connectivity index (χ1) is 7.65. The molecule has 16 heavy (non-hydrogen) atoms. The molecular formula is C13H15Cl2O. The predicted molar refractivity (Wildman–Crippen MR) is 67.9 cm³/mol. The van der Waals surface area contributed by atoms with Gasteiger partial charge in [-0.3, -0.25) is 0 Å². The maximum absolute atomic E-state index is 9.92. The fourth-order valence-corrected chi connectivity index (χ4v) is 2.64. The minimum absolute atomic E-state index is 0.123. The summed E-state index contributed by atoms with van der Waals surface area (Å²) < 4.78 is 0. The Balaban J connectivity index is 1.99. The third-order valence-corrected chi connectivity index (χ3v) is 3.68. The van der Waals surface area contributed by atoms with Crippen molar-refractivity contribution in [1.82, 2.24) is 0 Å². The summed E-state index contributed by atoms with van der Waals surface area (Å²) in [4.78, 5) is 0. The Morgan fingerprint density at radius 3 is 2.88 bits per heavy atom. The topological polar surface area (TPSA) is 20.2 Å². The van der Waals surface area contributed by atoms with Crippen LogP contribution in [0.25, 0.3) is 0 Å². The standard InChI is InChI=1S/C13H15Cl2O/c14-11-3-1-2-9(7-11)6-10-4-5-12(15)8-13(10)16/h1-3,7,12-13,16H,4-6,8H2. The van der Waals surface area contributed by atoms with Crippen LogP contribution in [0.2, 0.25) is 5.02 Å². The van der Waals surface area contributed by atoms with Gasteiger partial charge in [-0.25, -0.2) is 0 Å². The minimum Gasteiger partial charge on any atom is -0.392 e. The molecule has 0 saturated heterocycles. The van der Waals surface area contributed by atoms with Gasteiger partial charge in [-0.15, -0.1) is 11.6 Å². The van der Waals surface area contributed by atoms with Gasteiger partial charge in [-0.05, 0) is 43.4 Å². The average Bonchev–Trinajstić information content (AvgIpc) is 2.22. The van der Waals surface area contributed by atoms with Gasteiger partial charge in [0.25, 0.3) is 0 Å². The van der Waals surface area contributed by atoms with E-state index in [0.29, 0.717) is 6.42 Å². The predicted octanol–water partition coefficient (Wildman–Crippen LogP) is 3.61. The van der Waals surface area contributed by atoms with Crippen molar-refractivity contribution in [3.63, 3.8) is 0 Å². The lowest BCUT2D eigenvalue weighted by Gasteiger charge is -2.29. The second kappa shape index (κ2) is 5.39. The van der Waals surface area contributed by atoms with Gasteiger partial charge in [0, 0.05) is 16.3 Å². The van der Waals surface area contributed by atoms with E-state index in [1.165, 1.54) is 5.92 Å². The van der Waals surface area contributed by atoms with Gasteiger partial charge in [0.1, 0.15) is 0 Å². The molecule has 2 rings (SSSR count). The number of rotatable bonds is 2. The molecule has 0 bridgehead atoms. The summed E-state index contributed by atoms with van der Waals surface area (Å²) in [5.74, 6) is 1.18. The van der Waals surface area contributed by atoms with Crippen molar-refractivity contribution in [2.24, 2.45) is 0 Å². The molecule has 3 heteroatoms. The summed E-state index contributed by atoms with van der Waals surface area (Å²) in [5, 5.41) is 10.8. The van der Waals surface area contributed by atoms with E-state index >= 15 is 0 Å². The number of aliphatic hydroxyl groups is 1. The fraction of sp³-hybridized carbons (Fsp3) is 0.462. The summed E-state index contributed by atoms with van der Waals surface area (Å²) in [6, 6.07) is 7.80. The molecule has 87 valence electrons. The van der Waals surface area contributed by atoms with Crippen LogP contribution in [0.5, 0.6) is 0 Å². The summed E-state index contributed by atoms with van der Waals surface area (Å²) in [6.45, 7) is 0. The molecule has 2 atom stereocenters. The lowest BCUT2D eigenvalue weighted by molar-refractivity contribution is 0.149. The van der Waals surface area contributed by atoms with Gasteiger partial charge >= 0.3 is 0 Å². The smallest absolute Gasteiger partial charge is 0.0620 e. The number of benzene rings is 1. The summed E-state index contributed by atoms with van der Waals surface area (Å²) >= 11 is 11.9. The van der Waals surface area contributed by atoms with E-state index in [1.807, 2.05) is 24.3 Å². The molecule has 1 aromatic rings. The summed E-state index contributed by atoms with van der Waals surface area (Å²) in [6.07, 6.45) is 3.02. The molecule has 1 fully saturated rings. The van der Waals surface area contributed by atoms with E-state index in [-0.39, 0.29) is 11.5 Å². The van der Waals surface area contributed by atoms with Gasteiger partial charge in [0.05, 0.1) is 6.10 Å². The van der Waals surface area contributed by atoms with Gasteiger partial charge < -0.3 is 5.11 Å². The molecule has 0 aromatic heterocycles. The van der Waals surface area contributed by atoms with Crippen molar-refractivity contribution in [3.8, 4) is 0 Å². The Bertz CT molecular complexity index is 354. The van der Waals surface area contributed by atoms with E-state index < -0.39 is 0 Å². The summed E-state index contributed by atoms with van der Waals surface area (Å²) in [7, 11) is 0. The highest BCUT2D eigenvalue weighted by Crippen LogP contribution is 2.32. The molecule has 1 N–H and O–H groups in total. The average molecular weight is 258 g/mol. The lowest BCUT2D eigenvalue weighted by atomic mass is 9.82. The van der Waals surface area contributed by atoms with Crippen LogP contribution in [0, 0.1) is 5.92 Å². The monoisotopic (exact) mass is 257 g/mol. The lowest BCUT2D eigenvalue weighted by Crippen LogP contribution is -2.29. The van der Waals surface area contributed by atoms with Crippen LogP contribution in [0.4, 0.5) is 0 Å². The number of alkyl halides is 1. The minimum atomic E-state index is -0.352. The Morgan fingerprint density at radius 2 is 2.19 bits per heavy atom. The molecular weight excluding hydrogens is 243 g/mol. The molecule has 0 amide bonds. The SMILES string of the molecule is OC1CC(Cl)CC[C]1Cc1cccc(Cl)c1. The molecule has 1 nitrogen and oxygen atoms in total. The molecule has 0 spiro atoms. The quantitative estimate of drug-likeness (QED) is 0.803. The van der Waals surface area contributed by atoms with Crippen LogP contribution in [0.3, 0.4) is 0 Å². The van der Waals surface area contributed by atoms with E-state index in [1.54, 1.807) is 0 Å². The molecule has 1 aromatic carbocycles. The van der Waals surface area contributed by atoms with Crippen molar-refractivity contribution in [2.75, 3.05) is 0 Å². The van der Waals surface area contributed by atoms with Gasteiger partial charge in [-0.2, -0.15) is 0 Å². The maximum Gasteiger partial charge on any atom is 0.0620 e. The molecule has 1 aliphatic rings. The Morgan fingerprint density at radius 1 is 1.38 bits per heavy atom. The summed E-state index contributed by atoms with van der Waals surface area (Å²) in [5.41, 5.74) is 1.16. The highest BCUT2D eigenvalue weighted by molar-refractivity contribution is 6.30. The van der Waals surface area contributed by atoms with Crippen LogP contribution >= 0.6 is 23.2 Å². The number of aliphatic hydroxyl groups excluding tert-OH is 1. The van der Waals surface area contributed by atoms with Crippen LogP contribution in [0.1, 0.15) is 24.8 Å². The van der Waals surface area contributed by atoms with E-state index in [0.717, 1.165) is 29.8 Å². The van der Waals surface area contributed by atoms with Crippen molar-refractivity contribution < 1.29 is 5.11 Å². The highest BCUT2D eigenvalue weighted by atomic mass is 35.5. The van der Waals surface area contributed by atoms with Crippen molar-refractivity contribution in [1.29, 1.82) is 0 Å². The Labute approximate surface area is 106 Å². The molecule has 0 aliphatic heterocycles. The van der Waals surface area contributed by atoms with E-state index in [2.05, 4.69) is 0 Å². The molecule has 2 unspecified atom stereocenters. The van der Waals surface area contributed by atoms with Gasteiger partial charge in [0.2, 0.25) is 0 Å². The first kappa shape index (κ1) is 12.2. The molecule has 1 aliphatic carbocycles. The van der Waals surface area contributed by atoms with Crippen LogP contribution < -0.4 is 0 Å². The fourth-order valence-electron chi connectivity index (χ4n) is 2.15. The van der Waals surface area contributed by atoms with Crippen molar-refractivity contribution in [2.45, 2.75) is 37.2 Å². The first-order valence-corrected chi connectivity index (χ1v) is 6.38. The van der Waals surface area contributed by atoms with Crippen LogP contribution in [-0.2, 0) is 6.42 Å². The van der Waals surface area contributed by atoms with Gasteiger partial charge in [-0.1, -0.05) is 23.7 Å². The first-order valence-electron chi connectivity index (χ1n) is 5.56. The zero-order valence-electron chi connectivity index (χ0n) is 9.00. The molecule has 0 heterocycles. The molecule has 1 saturated carbocycles.